The van der Waals surface area contributed by atoms with Crippen LogP contribution in [0.5, 0.6) is 0 Å². The number of ether oxygens (including phenoxy) is 1. The molecule has 0 saturated carbocycles. The lowest BCUT2D eigenvalue weighted by atomic mass is 10.1. The molecule has 2 atom stereocenters. The van der Waals surface area contributed by atoms with Crippen LogP contribution in [0.1, 0.15) is 37.5 Å². The fourth-order valence-corrected chi connectivity index (χ4v) is 4.02. The van der Waals surface area contributed by atoms with Gasteiger partial charge in [-0.15, -0.1) is 0 Å². The molecule has 168 valence electrons. The van der Waals surface area contributed by atoms with Crippen LogP contribution in [0.4, 0.5) is 0 Å². The molecule has 1 aromatic heterocycles. The summed E-state index contributed by atoms with van der Waals surface area (Å²) < 4.78 is 5.87. The number of benzene rings is 1. The molecule has 6 nitrogen and oxygen atoms in total. The monoisotopic (exact) mass is 443 g/mol. The number of rotatable bonds is 8. The van der Waals surface area contributed by atoms with Gasteiger partial charge in [-0.1, -0.05) is 41.9 Å². The van der Waals surface area contributed by atoms with Gasteiger partial charge in [-0.2, -0.15) is 0 Å². The van der Waals surface area contributed by atoms with Crippen molar-refractivity contribution in [2.45, 2.75) is 52.5 Å². The van der Waals surface area contributed by atoms with E-state index in [4.69, 9.17) is 21.3 Å². The smallest absolute Gasteiger partial charge is 0.191 e. The molecule has 0 spiro atoms. The molecule has 7 heteroatoms. The molecule has 2 unspecified atom stereocenters. The van der Waals surface area contributed by atoms with Crippen molar-refractivity contribution >= 4 is 17.6 Å². The maximum absolute atomic E-state index is 5.87. The van der Waals surface area contributed by atoms with E-state index in [-0.39, 0.29) is 12.2 Å². The first-order valence-corrected chi connectivity index (χ1v) is 11.5. The maximum atomic E-state index is 5.87. The van der Waals surface area contributed by atoms with E-state index in [1.807, 2.05) is 18.3 Å². The van der Waals surface area contributed by atoms with Gasteiger partial charge in [0.05, 0.1) is 18.8 Å². The minimum absolute atomic E-state index is 0.273. The number of aliphatic imine (C=N–C) groups is 1. The summed E-state index contributed by atoms with van der Waals surface area (Å²) >= 11 is 5.86. The van der Waals surface area contributed by atoms with Crippen molar-refractivity contribution in [3.8, 4) is 0 Å². The summed E-state index contributed by atoms with van der Waals surface area (Å²) in [6, 6.07) is 12.4. The number of nitrogens with zero attached hydrogens (tertiary/aromatic N) is 3. The molecular weight excluding hydrogens is 410 g/mol. The number of aromatic nitrogens is 1. The van der Waals surface area contributed by atoms with Gasteiger partial charge in [0, 0.05) is 38.9 Å². The van der Waals surface area contributed by atoms with Gasteiger partial charge >= 0.3 is 0 Å². The van der Waals surface area contributed by atoms with Crippen molar-refractivity contribution in [2.24, 2.45) is 4.99 Å². The van der Waals surface area contributed by atoms with E-state index in [0.29, 0.717) is 11.7 Å². The third kappa shape index (κ3) is 7.80. The molecule has 1 fully saturated rings. The average molecular weight is 444 g/mol. The Morgan fingerprint density at radius 1 is 1.13 bits per heavy atom. The number of guanidine groups is 1. The molecule has 2 N–H and O–H groups in total. The summed E-state index contributed by atoms with van der Waals surface area (Å²) in [6.07, 6.45) is 3.22. The second kappa shape index (κ2) is 12.0. The molecule has 2 aromatic rings. The van der Waals surface area contributed by atoms with Gasteiger partial charge in [-0.05, 0) is 49.9 Å². The van der Waals surface area contributed by atoms with Crippen LogP contribution in [0, 0.1) is 0 Å². The number of pyridine rings is 1. The topological polar surface area (TPSA) is 61.8 Å². The Balaban J connectivity index is 1.59. The van der Waals surface area contributed by atoms with Crippen LogP contribution < -0.4 is 10.6 Å². The standard InChI is InChI=1S/C24H34ClN5O/c1-4-26-24(27-12-11-20-9-10-23(25)28-13-20)29-14-21-7-5-6-8-22(21)17-30-15-18(2)31-19(3)16-30/h5-10,13,18-19H,4,11-12,14-17H2,1-3H3,(H2,26,27,29). The van der Waals surface area contributed by atoms with E-state index in [2.05, 4.69) is 65.6 Å². The van der Waals surface area contributed by atoms with Gasteiger partial charge in [0.15, 0.2) is 5.96 Å². The lowest BCUT2D eigenvalue weighted by Gasteiger charge is -2.35. The van der Waals surface area contributed by atoms with E-state index in [9.17, 15) is 0 Å². The first-order valence-electron chi connectivity index (χ1n) is 11.1. The highest BCUT2D eigenvalue weighted by Gasteiger charge is 2.22. The fraction of sp³-hybridized carbons (Fsp3) is 0.500. The fourth-order valence-electron chi connectivity index (χ4n) is 3.91. The van der Waals surface area contributed by atoms with E-state index in [1.54, 1.807) is 0 Å². The van der Waals surface area contributed by atoms with Gasteiger partial charge in [-0.25, -0.2) is 9.98 Å². The quantitative estimate of drug-likeness (QED) is 0.370. The first kappa shape index (κ1) is 23.5. The van der Waals surface area contributed by atoms with Crippen molar-refractivity contribution in [1.82, 2.24) is 20.5 Å². The van der Waals surface area contributed by atoms with Crippen molar-refractivity contribution in [3.63, 3.8) is 0 Å². The van der Waals surface area contributed by atoms with Crippen LogP contribution in [0.2, 0.25) is 5.15 Å². The van der Waals surface area contributed by atoms with Crippen LogP contribution in [0.25, 0.3) is 0 Å². The second-order valence-electron chi connectivity index (χ2n) is 8.08. The average Bonchev–Trinajstić information content (AvgIpc) is 2.73. The summed E-state index contributed by atoms with van der Waals surface area (Å²) in [5.41, 5.74) is 3.73. The molecule has 0 amide bonds. The van der Waals surface area contributed by atoms with Gasteiger partial charge in [0.2, 0.25) is 0 Å². The van der Waals surface area contributed by atoms with E-state index in [1.165, 1.54) is 11.1 Å². The maximum Gasteiger partial charge on any atom is 0.191 e. The Kier molecular flexibility index (Phi) is 9.13. The summed E-state index contributed by atoms with van der Waals surface area (Å²) in [4.78, 5) is 11.4. The lowest BCUT2D eigenvalue weighted by molar-refractivity contribution is -0.0705. The highest BCUT2D eigenvalue weighted by Crippen LogP contribution is 2.17. The van der Waals surface area contributed by atoms with Crippen molar-refractivity contribution in [3.05, 3.63) is 64.4 Å². The third-order valence-corrected chi connectivity index (χ3v) is 5.48. The summed E-state index contributed by atoms with van der Waals surface area (Å²) in [5, 5.41) is 7.27. The molecular formula is C24H34ClN5O. The summed E-state index contributed by atoms with van der Waals surface area (Å²) in [5.74, 6) is 0.827. The van der Waals surface area contributed by atoms with E-state index in [0.717, 1.165) is 50.7 Å². The first-order chi connectivity index (χ1) is 15.0. The summed E-state index contributed by atoms with van der Waals surface area (Å²) in [7, 11) is 0. The zero-order chi connectivity index (χ0) is 22.1. The van der Waals surface area contributed by atoms with Gasteiger partial charge in [0.1, 0.15) is 5.15 Å². The Morgan fingerprint density at radius 3 is 2.55 bits per heavy atom. The molecule has 0 radical (unpaired) electrons. The zero-order valence-electron chi connectivity index (χ0n) is 18.8. The molecule has 1 aliphatic heterocycles. The van der Waals surface area contributed by atoms with Gasteiger partial charge in [0.25, 0.3) is 0 Å². The molecule has 0 aliphatic carbocycles. The SMILES string of the molecule is CCNC(=NCc1ccccc1CN1CC(C)OC(C)C1)NCCc1ccc(Cl)nc1. The highest BCUT2D eigenvalue weighted by atomic mass is 35.5. The molecule has 1 aliphatic rings. The number of hydrogen-bond donors (Lipinski definition) is 2. The third-order valence-electron chi connectivity index (χ3n) is 5.25. The predicted octanol–water partition coefficient (Wildman–Crippen LogP) is 3.64. The molecule has 31 heavy (non-hydrogen) atoms. The minimum Gasteiger partial charge on any atom is -0.373 e. The zero-order valence-corrected chi connectivity index (χ0v) is 19.5. The number of nitrogens with one attached hydrogen (secondary N) is 2. The van der Waals surface area contributed by atoms with Crippen LogP contribution in [-0.4, -0.2) is 54.2 Å². The Morgan fingerprint density at radius 2 is 1.87 bits per heavy atom. The van der Waals surface area contributed by atoms with Crippen LogP contribution in [-0.2, 0) is 24.2 Å². The Hall–Kier alpha value is -2.15. The van der Waals surface area contributed by atoms with Crippen LogP contribution in [0.15, 0.2) is 47.6 Å². The van der Waals surface area contributed by atoms with Crippen LogP contribution >= 0.6 is 11.6 Å². The molecule has 1 aromatic carbocycles. The largest absolute Gasteiger partial charge is 0.373 e. The van der Waals surface area contributed by atoms with E-state index < -0.39 is 0 Å². The molecule has 2 heterocycles. The lowest BCUT2D eigenvalue weighted by Crippen LogP contribution is -2.44. The second-order valence-corrected chi connectivity index (χ2v) is 8.47. The van der Waals surface area contributed by atoms with Crippen molar-refractivity contribution in [2.75, 3.05) is 26.2 Å². The Labute approximate surface area is 191 Å². The van der Waals surface area contributed by atoms with Gasteiger partial charge < -0.3 is 15.4 Å². The van der Waals surface area contributed by atoms with Crippen molar-refractivity contribution < 1.29 is 4.74 Å². The Bertz CT molecular complexity index is 832. The van der Waals surface area contributed by atoms with Gasteiger partial charge in [-0.3, -0.25) is 4.90 Å². The molecule has 3 rings (SSSR count). The predicted molar refractivity (Wildman–Crippen MR) is 127 cm³/mol. The summed E-state index contributed by atoms with van der Waals surface area (Å²) in [6.45, 7) is 11.5. The highest BCUT2D eigenvalue weighted by molar-refractivity contribution is 6.29. The van der Waals surface area contributed by atoms with Crippen LogP contribution in [0.3, 0.4) is 0 Å². The number of hydrogen-bond acceptors (Lipinski definition) is 4. The van der Waals surface area contributed by atoms with Crippen molar-refractivity contribution in [1.29, 1.82) is 0 Å². The minimum atomic E-state index is 0.273. The molecule has 0 bridgehead atoms. The normalized spacial score (nSPS) is 19.9. The number of halogens is 1. The number of morpholine rings is 1. The van der Waals surface area contributed by atoms with E-state index >= 15 is 0 Å². The molecule has 1 saturated heterocycles.